The number of carbonyl (C=O) groups is 2. The predicted octanol–water partition coefficient (Wildman–Crippen LogP) is 2.43. The number of carbonyl (C=O) groups excluding carboxylic acids is 2. The average Bonchev–Trinajstić information content (AvgIpc) is 3.24. The first kappa shape index (κ1) is 23.3. The fourth-order valence-corrected chi connectivity index (χ4v) is 4.30. The number of amides is 3. The highest BCUT2D eigenvalue weighted by molar-refractivity contribution is 7.99. The van der Waals surface area contributed by atoms with Gasteiger partial charge in [0.05, 0.1) is 30.3 Å². The van der Waals surface area contributed by atoms with E-state index in [1.165, 1.54) is 4.57 Å². The molecule has 34 heavy (non-hydrogen) atoms. The van der Waals surface area contributed by atoms with Gasteiger partial charge in [0.2, 0.25) is 11.7 Å². The van der Waals surface area contributed by atoms with Crippen molar-refractivity contribution in [1.29, 1.82) is 0 Å². The predicted molar refractivity (Wildman–Crippen MR) is 129 cm³/mol. The number of imide groups is 1. The summed E-state index contributed by atoms with van der Waals surface area (Å²) in [5.74, 6) is 0.486. The quantitative estimate of drug-likeness (QED) is 0.390. The summed E-state index contributed by atoms with van der Waals surface area (Å²) < 4.78 is 8.73. The van der Waals surface area contributed by atoms with Crippen LogP contribution in [0.4, 0.5) is 4.79 Å². The maximum absolute atomic E-state index is 13.4. The van der Waals surface area contributed by atoms with Gasteiger partial charge in [-0.2, -0.15) is 0 Å². The van der Waals surface area contributed by atoms with Crippen LogP contribution in [0.25, 0.3) is 16.7 Å². The lowest BCUT2D eigenvalue weighted by molar-refractivity contribution is -0.117. The van der Waals surface area contributed by atoms with E-state index in [1.807, 2.05) is 30.3 Å². The van der Waals surface area contributed by atoms with Gasteiger partial charge in [0.15, 0.2) is 5.16 Å². The Balaban J connectivity index is 1.71. The number of para-hydroxylation sites is 2. The van der Waals surface area contributed by atoms with E-state index in [1.54, 1.807) is 43.6 Å². The average molecular weight is 481 g/mol. The zero-order chi connectivity index (χ0) is 24.2. The van der Waals surface area contributed by atoms with E-state index in [-0.39, 0.29) is 23.9 Å². The Morgan fingerprint density at radius 1 is 1.09 bits per heavy atom. The SMILES string of the molecule is COc1ccccc1Cn1c(=O)c2ccccc2n2c(SCC(=O)NC(=O)NC(C)C)nnc12. The molecule has 0 saturated carbocycles. The van der Waals surface area contributed by atoms with E-state index in [0.29, 0.717) is 27.6 Å². The summed E-state index contributed by atoms with van der Waals surface area (Å²) in [5.41, 5.74) is 1.24. The van der Waals surface area contributed by atoms with Crippen molar-refractivity contribution in [3.05, 3.63) is 64.4 Å². The Labute approximate surface area is 199 Å². The monoisotopic (exact) mass is 480 g/mol. The summed E-state index contributed by atoms with van der Waals surface area (Å²) in [6, 6.07) is 14.0. The van der Waals surface area contributed by atoms with Gasteiger partial charge in [-0.25, -0.2) is 4.79 Å². The lowest BCUT2D eigenvalue weighted by Crippen LogP contribution is -2.43. The maximum Gasteiger partial charge on any atom is 0.321 e. The summed E-state index contributed by atoms with van der Waals surface area (Å²) in [6.45, 7) is 3.84. The highest BCUT2D eigenvalue weighted by atomic mass is 32.2. The fourth-order valence-electron chi connectivity index (χ4n) is 3.56. The Hall–Kier alpha value is -3.86. The molecular formula is C23H24N6O4S. The molecule has 0 unspecified atom stereocenters. The number of benzene rings is 2. The second-order valence-corrected chi connectivity index (χ2v) is 8.75. The number of ether oxygens (including phenoxy) is 1. The number of hydrogen-bond acceptors (Lipinski definition) is 7. The normalized spacial score (nSPS) is 11.2. The highest BCUT2D eigenvalue weighted by Crippen LogP contribution is 2.23. The molecule has 4 rings (SSSR count). The van der Waals surface area contributed by atoms with E-state index in [0.717, 1.165) is 17.3 Å². The minimum absolute atomic E-state index is 0.0493. The summed E-state index contributed by atoms with van der Waals surface area (Å²) in [6.07, 6.45) is 0. The van der Waals surface area contributed by atoms with Gasteiger partial charge in [-0.1, -0.05) is 42.1 Å². The molecular weight excluding hydrogens is 456 g/mol. The second-order valence-electron chi connectivity index (χ2n) is 7.80. The molecule has 2 aromatic carbocycles. The Morgan fingerprint density at radius 2 is 1.82 bits per heavy atom. The van der Waals surface area contributed by atoms with Crippen LogP contribution in [-0.4, -0.2) is 50.0 Å². The van der Waals surface area contributed by atoms with Crippen LogP contribution in [0.2, 0.25) is 0 Å². The van der Waals surface area contributed by atoms with Crippen LogP contribution < -0.4 is 20.9 Å². The molecule has 2 N–H and O–H groups in total. The third kappa shape index (κ3) is 4.74. The zero-order valence-electron chi connectivity index (χ0n) is 18.9. The van der Waals surface area contributed by atoms with Gasteiger partial charge in [-0.3, -0.25) is 23.9 Å². The van der Waals surface area contributed by atoms with Crippen molar-refractivity contribution in [1.82, 2.24) is 29.8 Å². The van der Waals surface area contributed by atoms with Crippen LogP contribution in [-0.2, 0) is 11.3 Å². The molecule has 0 aliphatic rings. The number of methoxy groups -OCH3 is 1. The number of urea groups is 1. The molecule has 0 fully saturated rings. The molecule has 2 aromatic heterocycles. The molecule has 4 aromatic rings. The lowest BCUT2D eigenvalue weighted by Gasteiger charge is -2.13. The van der Waals surface area contributed by atoms with Gasteiger partial charge in [0.25, 0.3) is 5.56 Å². The zero-order valence-corrected chi connectivity index (χ0v) is 19.8. The standard InChI is InChI=1S/C23H24N6O4S/c1-14(2)24-21(32)25-19(30)13-34-23-27-26-22-28(12-15-8-4-7-11-18(15)33-3)20(31)16-9-5-6-10-17(16)29(22)23/h4-11,14H,12-13H2,1-3H3,(H2,24,25,30,32). The van der Waals surface area contributed by atoms with E-state index < -0.39 is 11.9 Å². The van der Waals surface area contributed by atoms with Gasteiger partial charge in [-0.15, -0.1) is 10.2 Å². The van der Waals surface area contributed by atoms with Crippen LogP contribution in [0.5, 0.6) is 5.75 Å². The van der Waals surface area contributed by atoms with Crippen molar-refractivity contribution >= 4 is 40.4 Å². The molecule has 3 amide bonds. The Morgan fingerprint density at radius 3 is 2.59 bits per heavy atom. The maximum atomic E-state index is 13.4. The highest BCUT2D eigenvalue weighted by Gasteiger charge is 2.19. The number of aromatic nitrogens is 4. The lowest BCUT2D eigenvalue weighted by atomic mass is 10.2. The van der Waals surface area contributed by atoms with Gasteiger partial charge < -0.3 is 10.1 Å². The van der Waals surface area contributed by atoms with Gasteiger partial charge >= 0.3 is 6.03 Å². The van der Waals surface area contributed by atoms with Crippen molar-refractivity contribution in [2.45, 2.75) is 31.6 Å². The van der Waals surface area contributed by atoms with Gasteiger partial charge in [0.1, 0.15) is 5.75 Å². The van der Waals surface area contributed by atoms with Crippen molar-refractivity contribution in [3.63, 3.8) is 0 Å². The van der Waals surface area contributed by atoms with Crippen molar-refractivity contribution in [3.8, 4) is 5.75 Å². The second kappa shape index (κ2) is 9.96. The van der Waals surface area contributed by atoms with Crippen LogP contribution >= 0.6 is 11.8 Å². The molecule has 0 spiro atoms. The first-order valence-corrected chi connectivity index (χ1v) is 11.6. The van der Waals surface area contributed by atoms with E-state index in [2.05, 4.69) is 20.8 Å². The molecule has 10 nitrogen and oxygen atoms in total. The van der Waals surface area contributed by atoms with Crippen molar-refractivity contribution < 1.29 is 14.3 Å². The van der Waals surface area contributed by atoms with Gasteiger partial charge in [-0.05, 0) is 32.0 Å². The number of nitrogens with one attached hydrogen (secondary N) is 2. The number of rotatable bonds is 7. The number of thioether (sulfide) groups is 1. The molecule has 0 atom stereocenters. The summed E-state index contributed by atoms with van der Waals surface area (Å²) in [4.78, 5) is 37.4. The Kier molecular flexibility index (Phi) is 6.82. The molecule has 0 bridgehead atoms. The minimum atomic E-state index is -0.553. The van der Waals surface area contributed by atoms with Crippen LogP contribution in [0.15, 0.2) is 58.5 Å². The molecule has 0 radical (unpaired) electrons. The molecule has 0 aliphatic heterocycles. The minimum Gasteiger partial charge on any atom is -0.496 e. The van der Waals surface area contributed by atoms with Crippen LogP contribution in [0.3, 0.4) is 0 Å². The third-order valence-electron chi connectivity index (χ3n) is 5.00. The van der Waals surface area contributed by atoms with E-state index in [9.17, 15) is 14.4 Å². The first-order chi connectivity index (χ1) is 16.4. The van der Waals surface area contributed by atoms with Crippen LogP contribution in [0, 0.1) is 0 Å². The van der Waals surface area contributed by atoms with Crippen molar-refractivity contribution in [2.24, 2.45) is 0 Å². The number of nitrogens with zero attached hydrogens (tertiary/aromatic N) is 4. The first-order valence-electron chi connectivity index (χ1n) is 10.6. The molecule has 2 heterocycles. The van der Waals surface area contributed by atoms with E-state index in [4.69, 9.17) is 4.74 Å². The topological polar surface area (TPSA) is 120 Å². The van der Waals surface area contributed by atoms with Crippen LogP contribution in [0.1, 0.15) is 19.4 Å². The summed E-state index contributed by atoms with van der Waals surface area (Å²) in [5, 5.41) is 14.3. The molecule has 0 saturated heterocycles. The smallest absolute Gasteiger partial charge is 0.321 e. The fraction of sp³-hybridized carbons (Fsp3) is 0.261. The molecule has 0 aliphatic carbocycles. The number of hydrogen-bond donors (Lipinski definition) is 2. The van der Waals surface area contributed by atoms with Crippen molar-refractivity contribution in [2.75, 3.05) is 12.9 Å². The summed E-state index contributed by atoms with van der Waals surface area (Å²) in [7, 11) is 1.58. The summed E-state index contributed by atoms with van der Waals surface area (Å²) >= 11 is 1.13. The largest absolute Gasteiger partial charge is 0.496 e. The van der Waals surface area contributed by atoms with E-state index >= 15 is 0 Å². The van der Waals surface area contributed by atoms with Gasteiger partial charge in [0, 0.05) is 11.6 Å². The number of fused-ring (bicyclic) bond motifs is 3. The third-order valence-corrected chi connectivity index (χ3v) is 5.93. The molecule has 176 valence electrons. The Bertz CT molecular complexity index is 1430. The molecule has 11 heteroatoms.